The minimum atomic E-state index is -0.663. The van der Waals surface area contributed by atoms with E-state index in [4.69, 9.17) is 17.3 Å². The first-order valence-corrected chi connectivity index (χ1v) is 13.0. The molecule has 6 rings (SSSR count). The van der Waals surface area contributed by atoms with Crippen molar-refractivity contribution in [2.45, 2.75) is 13.1 Å². The number of aromatic nitrogens is 3. The number of halogens is 1. The summed E-state index contributed by atoms with van der Waals surface area (Å²) in [6.45, 7) is 0.514. The van der Waals surface area contributed by atoms with E-state index in [1.807, 2.05) is 48.5 Å². The van der Waals surface area contributed by atoms with E-state index in [0.717, 1.165) is 15.7 Å². The number of aromatic amines is 1. The number of carbonyl (C=O) groups excluding carboxylic acids is 1. The van der Waals surface area contributed by atoms with Gasteiger partial charge in [0.1, 0.15) is 5.69 Å². The van der Waals surface area contributed by atoms with Gasteiger partial charge in [0.05, 0.1) is 22.1 Å². The van der Waals surface area contributed by atoms with Gasteiger partial charge in [0.2, 0.25) is 0 Å². The number of hydrogen-bond donors (Lipinski definition) is 3. The average Bonchev–Trinajstić information content (AvgIpc) is 3.25. The second-order valence-electron chi connectivity index (χ2n) is 9.47. The summed E-state index contributed by atoms with van der Waals surface area (Å²) in [5, 5.41) is 4.18. The Morgan fingerprint density at radius 3 is 2.40 bits per heavy atom. The summed E-state index contributed by atoms with van der Waals surface area (Å²) in [5.41, 5.74) is 8.51. The number of nitrogens with one attached hydrogen (secondary N) is 2. The van der Waals surface area contributed by atoms with Crippen molar-refractivity contribution in [3.8, 4) is 5.69 Å². The predicted molar refractivity (Wildman–Crippen MR) is 158 cm³/mol. The molecule has 0 aliphatic carbocycles. The van der Waals surface area contributed by atoms with Crippen molar-refractivity contribution >= 4 is 45.0 Å². The highest BCUT2D eigenvalue weighted by atomic mass is 35.5. The number of para-hydroxylation sites is 1. The average molecular weight is 550 g/mol. The van der Waals surface area contributed by atoms with E-state index in [2.05, 4.69) is 10.3 Å². The van der Waals surface area contributed by atoms with Gasteiger partial charge in [-0.25, -0.2) is 9.36 Å². The Morgan fingerprint density at radius 2 is 1.60 bits per heavy atom. The number of carbonyl (C=O) groups is 1. The van der Waals surface area contributed by atoms with Crippen molar-refractivity contribution in [1.29, 1.82) is 0 Å². The van der Waals surface area contributed by atoms with Gasteiger partial charge in [-0.05, 0) is 53.6 Å². The molecule has 0 aliphatic heterocycles. The van der Waals surface area contributed by atoms with Gasteiger partial charge < -0.3 is 20.6 Å². The first-order chi connectivity index (χ1) is 19.4. The van der Waals surface area contributed by atoms with Gasteiger partial charge in [-0.2, -0.15) is 0 Å². The lowest BCUT2D eigenvalue weighted by Crippen LogP contribution is -2.36. The number of nitrogen functional groups attached to an aromatic ring is 1. The second kappa shape index (κ2) is 10.2. The van der Waals surface area contributed by atoms with Gasteiger partial charge >= 0.3 is 5.69 Å². The quantitative estimate of drug-likeness (QED) is 0.258. The number of amides is 1. The van der Waals surface area contributed by atoms with Crippen LogP contribution < -0.4 is 22.3 Å². The molecular weight excluding hydrogens is 526 g/mol. The first kappa shape index (κ1) is 25.2. The molecule has 0 aliphatic rings. The predicted octanol–water partition coefficient (Wildman–Crippen LogP) is 4.85. The van der Waals surface area contributed by atoms with Gasteiger partial charge in [0.15, 0.2) is 0 Å². The molecule has 0 bridgehead atoms. The standard InChI is InChI=1S/C31H24ClN5O3/c32-21-13-14-26-24(16-21)27(37-30(39)23-11-4-5-12-25(23)35-31(37)40)28(29(38)34-17-19-7-2-1-3-8-19)36(26)18-20-9-6-10-22(33)15-20/h1-16H,17-18,33H2,(H,34,38)(H,35,40). The number of benzene rings is 4. The van der Waals surface area contributed by atoms with Crippen molar-refractivity contribution in [3.63, 3.8) is 0 Å². The third-order valence-electron chi connectivity index (χ3n) is 6.83. The summed E-state index contributed by atoms with van der Waals surface area (Å²) in [6, 6.07) is 28.7. The van der Waals surface area contributed by atoms with Crippen LogP contribution in [0, 0.1) is 0 Å². The van der Waals surface area contributed by atoms with Crippen molar-refractivity contribution in [3.05, 3.63) is 140 Å². The number of H-pyrrole nitrogens is 1. The van der Waals surface area contributed by atoms with Gasteiger partial charge in [0, 0.05) is 29.2 Å². The van der Waals surface area contributed by atoms with Crippen LogP contribution in [0.1, 0.15) is 21.6 Å². The molecule has 0 atom stereocenters. The molecule has 0 radical (unpaired) electrons. The van der Waals surface area contributed by atoms with Gasteiger partial charge in [-0.3, -0.25) is 9.59 Å². The highest BCUT2D eigenvalue weighted by Crippen LogP contribution is 2.32. The maximum Gasteiger partial charge on any atom is 0.333 e. The van der Waals surface area contributed by atoms with E-state index in [9.17, 15) is 14.4 Å². The lowest BCUT2D eigenvalue weighted by molar-refractivity contribution is 0.0942. The fourth-order valence-corrected chi connectivity index (χ4v) is 5.20. The molecule has 0 spiro atoms. The maximum absolute atomic E-state index is 14.0. The molecule has 0 unspecified atom stereocenters. The number of anilines is 1. The fourth-order valence-electron chi connectivity index (χ4n) is 5.03. The maximum atomic E-state index is 14.0. The zero-order chi connectivity index (χ0) is 27.8. The molecule has 40 heavy (non-hydrogen) atoms. The summed E-state index contributed by atoms with van der Waals surface area (Å²) in [5.74, 6) is -0.450. The van der Waals surface area contributed by atoms with Crippen LogP contribution >= 0.6 is 11.6 Å². The van der Waals surface area contributed by atoms with Crippen LogP contribution in [-0.2, 0) is 13.1 Å². The molecule has 0 fully saturated rings. The monoisotopic (exact) mass is 549 g/mol. The van der Waals surface area contributed by atoms with E-state index in [1.165, 1.54) is 0 Å². The summed E-state index contributed by atoms with van der Waals surface area (Å²) in [6.07, 6.45) is 0. The van der Waals surface area contributed by atoms with E-state index in [0.29, 0.717) is 32.5 Å². The Kier molecular flexibility index (Phi) is 6.45. The molecule has 1 amide bonds. The third-order valence-corrected chi connectivity index (χ3v) is 7.07. The van der Waals surface area contributed by atoms with Crippen molar-refractivity contribution < 1.29 is 4.79 Å². The van der Waals surface area contributed by atoms with Gasteiger partial charge in [-0.1, -0.05) is 66.2 Å². The van der Waals surface area contributed by atoms with Crippen LogP contribution in [0.4, 0.5) is 5.69 Å². The lowest BCUT2D eigenvalue weighted by Gasteiger charge is -2.14. The molecular formula is C31H24ClN5O3. The molecule has 9 heteroatoms. The highest BCUT2D eigenvalue weighted by Gasteiger charge is 2.27. The molecule has 2 aromatic heterocycles. The van der Waals surface area contributed by atoms with Crippen LogP contribution in [0.2, 0.25) is 5.02 Å². The molecule has 8 nitrogen and oxygen atoms in total. The Labute approximate surface area is 233 Å². The van der Waals surface area contributed by atoms with E-state index in [1.54, 1.807) is 53.1 Å². The van der Waals surface area contributed by atoms with E-state index >= 15 is 0 Å². The van der Waals surface area contributed by atoms with E-state index in [-0.39, 0.29) is 24.5 Å². The van der Waals surface area contributed by atoms with E-state index < -0.39 is 17.2 Å². The Balaban J connectivity index is 1.64. The number of nitrogens with two attached hydrogens (primary N) is 1. The molecule has 6 aromatic rings. The minimum absolute atomic E-state index is 0.151. The summed E-state index contributed by atoms with van der Waals surface area (Å²) >= 11 is 6.42. The summed E-state index contributed by atoms with van der Waals surface area (Å²) in [7, 11) is 0. The lowest BCUT2D eigenvalue weighted by atomic mass is 10.2. The largest absolute Gasteiger partial charge is 0.399 e. The Hall–Kier alpha value is -5.08. The fraction of sp³-hybridized carbons (Fsp3) is 0.0645. The highest BCUT2D eigenvalue weighted by molar-refractivity contribution is 6.31. The number of fused-ring (bicyclic) bond motifs is 2. The van der Waals surface area contributed by atoms with Crippen molar-refractivity contribution in [1.82, 2.24) is 19.4 Å². The molecule has 0 saturated heterocycles. The van der Waals surface area contributed by atoms with Crippen molar-refractivity contribution in [2.75, 3.05) is 5.73 Å². The summed E-state index contributed by atoms with van der Waals surface area (Å²) < 4.78 is 2.81. The molecule has 0 saturated carbocycles. The molecule has 4 N–H and O–H groups in total. The number of nitrogens with zero attached hydrogens (tertiary/aromatic N) is 2. The van der Waals surface area contributed by atoms with Crippen LogP contribution in [-0.4, -0.2) is 20.0 Å². The van der Waals surface area contributed by atoms with Crippen LogP contribution in [0.25, 0.3) is 27.5 Å². The second-order valence-corrected chi connectivity index (χ2v) is 9.91. The normalized spacial score (nSPS) is 11.2. The number of hydrogen-bond acceptors (Lipinski definition) is 4. The Morgan fingerprint density at radius 1 is 0.850 bits per heavy atom. The third kappa shape index (κ3) is 4.54. The number of rotatable bonds is 6. The van der Waals surface area contributed by atoms with Gasteiger partial charge in [-0.15, -0.1) is 0 Å². The molecule has 198 valence electrons. The van der Waals surface area contributed by atoms with Crippen molar-refractivity contribution in [2.24, 2.45) is 0 Å². The zero-order valence-electron chi connectivity index (χ0n) is 21.2. The Bertz CT molecular complexity index is 2030. The topological polar surface area (TPSA) is 115 Å². The van der Waals surface area contributed by atoms with Crippen LogP contribution in [0.3, 0.4) is 0 Å². The van der Waals surface area contributed by atoms with Crippen LogP contribution in [0.15, 0.2) is 107 Å². The molecule has 4 aromatic carbocycles. The smallest absolute Gasteiger partial charge is 0.333 e. The first-order valence-electron chi connectivity index (χ1n) is 12.6. The SMILES string of the molecule is Nc1cccc(Cn2c(C(=O)NCc3ccccc3)c(-n3c(=O)[nH]c4ccccc4c3=O)c3cc(Cl)ccc32)c1. The van der Waals surface area contributed by atoms with Crippen LogP contribution in [0.5, 0.6) is 0 Å². The summed E-state index contributed by atoms with van der Waals surface area (Å²) in [4.78, 5) is 44.1. The zero-order valence-corrected chi connectivity index (χ0v) is 22.0. The minimum Gasteiger partial charge on any atom is -0.399 e. The molecule has 2 heterocycles. The van der Waals surface area contributed by atoms with Gasteiger partial charge in [0.25, 0.3) is 11.5 Å².